The lowest BCUT2D eigenvalue weighted by Crippen LogP contribution is -2.36. The van der Waals surface area contributed by atoms with Crippen LogP contribution >= 0.6 is 11.8 Å². The molecule has 0 atom stereocenters. The molecule has 0 bridgehead atoms. The summed E-state index contributed by atoms with van der Waals surface area (Å²) in [5, 5.41) is 20.9. The van der Waals surface area contributed by atoms with E-state index in [-0.39, 0.29) is 23.2 Å². The van der Waals surface area contributed by atoms with Crippen molar-refractivity contribution in [1.29, 1.82) is 0 Å². The molecule has 0 spiro atoms. The van der Waals surface area contributed by atoms with Gasteiger partial charge in [0.2, 0.25) is 12.7 Å². The molecule has 2 aliphatic rings. The molecule has 2 heterocycles. The number of nitrogens with zero attached hydrogens (tertiary/aromatic N) is 1. The molecule has 1 saturated heterocycles. The molecule has 0 radical (unpaired) electrons. The number of phenolic OH excluding ortho intramolecular Hbond substituents is 2. The van der Waals surface area contributed by atoms with E-state index in [9.17, 15) is 24.6 Å². The Bertz CT molecular complexity index is 1070. The molecule has 0 unspecified atom stereocenters. The third-order valence-corrected chi connectivity index (χ3v) is 5.04. The van der Waals surface area contributed by atoms with Crippen LogP contribution in [0.4, 0.5) is 10.5 Å². The minimum Gasteiger partial charge on any atom is -0.504 e. The van der Waals surface area contributed by atoms with Crippen LogP contribution in [0, 0.1) is 0 Å². The molecular weight excluding hydrogens is 400 g/mol. The van der Waals surface area contributed by atoms with Gasteiger partial charge in [0, 0.05) is 11.8 Å². The number of ether oxygens (including phenoxy) is 2. The van der Waals surface area contributed by atoms with Crippen molar-refractivity contribution in [3.05, 3.63) is 46.9 Å². The van der Waals surface area contributed by atoms with Crippen molar-refractivity contribution >= 4 is 40.6 Å². The molecule has 4 rings (SSSR count). The van der Waals surface area contributed by atoms with Crippen molar-refractivity contribution in [3.8, 4) is 23.0 Å². The molecule has 3 amide bonds. The maximum atomic E-state index is 12.5. The monoisotopic (exact) mass is 414 g/mol. The lowest BCUT2D eigenvalue weighted by atomic mass is 10.2. The first-order valence-electron chi connectivity index (χ1n) is 8.37. The molecule has 29 heavy (non-hydrogen) atoms. The smallest absolute Gasteiger partial charge is 0.294 e. The van der Waals surface area contributed by atoms with Crippen LogP contribution in [0.3, 0.4) is 0 Å². The van der Waals surface area contributed by atoms with Gasteiger partial charge in [-0.25, -0.2) is 0 Å². The number of phenols is 2. The molecule has 2 aromatic carbocycles. The number of carbonyl (C=O) groups excluding carboxylic acids is 3. The summed E-state index contributed by atoms with van der Waals surface area (Å²) in [6.45, 7) is -0.341. The summed E-state index contributed by atoms with van der Waals surface area (Å²) in [5.74, 6) is -0.743. The van der Waals surface area contributed by atoms with Crippen LogP contribution < -0.4 is 14.8 Å². The van der Waals surface area contributed by atoms with E-state index >= 15 is 0 Å². The Morgan fingerprint density at radius 3 is 2.69 bits per heavy atom. The summed E-state index contributed by atoms with van der Waals surface area (Å²) < 4.78 is 10.4. The summed E-state index contributed by atoms with van der Waals surface area (Å²) in [7, 11) is 0. The van der Waals surface area contributed by atoms with E-state index in [0.717, 1.165) is 4.90 Å². The van der Waals surface area contributed by atoms with Crippen LogP contribution in [0.2, 0.25) is 0 Å². The molecule has 0 aliphatic carbocycles. The molecule has 10 heteroatoms. The van der Waals surface area contributed by atoms with Crippen molar-refractivity contribution in [2.75, 3.05) is 18.7 Å². The van der Waals surface area contributed by atoms with Crippen LogP contribution in [-0.2, 0) is 9.59 Å². The van der Waals surface area contributed by atoms with Gasteiger partial charge in [-0.15, -0.1) is 0 Å². The fourth-order valence-corrected chi connectivity index (χ4v) is 3.57. The molecule has 0 aromatic heterocycles. The highest BCUT2D eigenvalue weighted by atomic mass is 32.2. The summed E-state index contributed by atoms with van der Waals surface area (Å²) in [6, 6.07) is 8.87. The average Bonchev–Trinajstić information content (AvgIpc) is 3.24. The molecular formula is C19H14N2O7S. The fraction of sp³-hybridized carbons (Fsp3) is 0.105. The number of carbonyl (C=O) groups is 3. The zero-order chi connectivity index (χ0) is 20.5. The highest BCUT2D eigenvalue weighted by Gasteiger charge is 2.36. The largest absolute Gasteiger partial charge is 0.504 e. The van der Waals surface area contributed by atoms with Gasteiger partial charge >= 0.3 is 0 Å². The van der Waals surface area contributed by atoms with Gasteiger partial charge in [-0.2, -0.15) is 0 Å². The van der Waals surface area contributed by atoms with E-state index in [1.54, 1.807) is 18.2 Å². The molecule has 9 nitrogen and oxygen atoms in total. The van der Waals surface area contributed by atoms with Gasteiger partial charge in [0.05, 0.1) is 4.91 Å². The van der Waals surface area contributed by atoms with Gasteiger partial charge in [0.1, 0.15) is 6.54 Å². The Labute approximate surface area is 168 Å². The van der Waals surface area contributed by atoms with Crippen LogP contribution in [0.1, 0.15) is 5.56 Å². The lowest BCUT2D eigenvalue weighted by molar-refractivity contribution is -0.127. The number of anilines is 1. The van der Waals surface area contributed by atoms with Crippen LogP contribution in [0.5, 0.6) is 23.0 Å². The van der Waals surface area contributed by atoms with E-state index in [1.165, 1.54) is 24.3 Å². The normalized spacial score (nSPS) is 16.6. The van der Waals surface area contributed by atoms with Crippen molar-refractivity contribution in [3.63, 3.8) is 0 Å². The predicted molar refractivity (Wildman–Crippen MR) is 104 cm³/mol. The lowest BCUT2D eigenvalue weighted by Gasteiger charge is -2.12. The number of fused-ring (bicyclic) bond motifs is 1. The summed E-state index contributed by atoms with van der Waals surface area (Å²) >= 11 is 0.689. The number of nitrogens with one attached hydrogen (secondary N) is 1. The van der Waals surface area contributed by atoms with Crippen molar-refractivity contribution in [2.24, 2.45) is 0 Å². The first-order chi connectivity index (χ1) is 13.9. The second-order valence-corrected chi connectivity index (χ2v) is 7.13. The van der Waals surface area contributed by atoms with Crippen molar-refractivity contribution < 1.29 is 34.1 Å². The zero-order valence-electron chi connectivity index (χ0n) is 14.7. The average molecular weight is 414 g/mol. The Morgan fingerprint density at radius 2 is 1.90 bits per heavy atom. The van der Waals surface area contributed by atoms with Crippen molar-refractivity contribution in [2.45, 2.75) is 0 Å². The first-order valence-corrected chi connectivity index (χ1v) is 9.19. The summed E-state index contributed by atoms with van der Waals surface area (Å²) in [6.07, 6.45) is 1.40. The van der Waals surface area contributed by atoms with Crippen LogP contribution in [-0.4, -0.2) is 45.5 Å². The van der Waals surface area contributed by atoms with Gasteiger partial charge in [0.15, 0.2) is 23.0 Å². The molecule has 0 saturated carbocycles. The number of amides is 3. The topological polar surface area (TPSA) is 125 Å². The molecule has 3 N–H and O–H groups in total. The number of hydrogen-bond acceptors (Lipinski definition) is 8. The number of aromatic hydroxyl groups is 2. The molecule has 2 aromatic rings. The maximum Gasteiger partial charge on any atom is 0.294 e. The standard InChI is InChI=1S/C19H14N2O7S/c22-12-3-1-10(5-13(12)23)6-16-18(25)21(19(26)29-16)8-17(24)20-11-2-4-14-15(7-11)28-9-27-14/h1-7,22-23H,8-9H2,(H,20,24). The third kappa shape index (κ3) is 3.83. The zero-order valence-corrected chi connectivity index (χ0v) is 15.6. The number of imide groups is 1. The second-order valence-electron chi connectivity index (χ2n) is 6.13. The Hall–Kier alpha value is -3.66. The van der Waals surface area contributed by atoms with Crippen LogP contribution in [0.15, 0.2) is 41.3 Å². The molecule has 148 valence electrons. The van der Waals surface area contributed by atoms with E-state index in [4.69, 9.17) is 9.47 Å². The third-order valence-electron chi connectivity index (χ3n) is 4.13. The first kappa shape index (κ1) is 18.7. The fourth-order valence-electron chi connectivity index (χ4n) is 2.74. The number of thioether (sulfide) groups is 1. The molecule has 2 aliphatic heterocycles. The van der Waals surface area contributed by atoms with Gasteiger partial charge in [-0.1, -0.05) is 6.07 Å². The minimum atomic E-state index is -0.617. The quantitative estimate of drug-likeness (QED) is 0.515. The Morgan fingerprint density at radius 1 is 1.10 bits per heavy atom. The highest BCUT2D eigenvalue weighted by molar-refractivity contribution is 8.18. The van der Waals surface area contributed by atoms with E-state index in [2.05, 4.69) is 5.32 Å². The second kappa shape index (κ2) is 7.40. The number of hydrogen-bond donors (Lipinski definition) is 3. The Balaban J connectivity index is 1.44. The Kier molecular flexibility index (Phi) is 4.77. The van der Waals surface area contributed by atoms with Gasteiger partial charge in [-0.05, 0) is 47.7 Å². The van der Waals surface area contributed by atoms with Crippen molar-refractivity contribution in [1.82, 2.24) is 4.90 Å². The van der Waals surface area contributed by atoms with E-state index < -0.39 is 23.6 Å². The number of rotatable bonds is 4. The maximum absolute atomic E-state index is 12.5. The van der Waals surface area contributed by atoms with Crippen LogP contribution in [0.25, 0.3) is 6.08 Å². The predicted octanol–water partition coefficient (Wildman–Crippen LogP) is 2.50. The van der Waals surface area contributed by atoms with E-state index in [1.807, 2.05) is 0 Å². The van der Waals surface area contributed by atoms with Gasteiger partial charge in [0.25, 0.3) is 11.1 Å². The SMILES string of the molecule is O=C(CN1C(=O)SC(=Cc2ccc(O)c(O)c2)C1=O)Nc1ccc2c(c1)OCO2. The number of benzene rings is 2. The summed E-state index contributed by atoms with van der Waals surface area (Å²) in [4.78, 5) is 37.9. The van der Waals surface area contributed by atoms with Gasteiger partial charge in [-0.3, -0.25) is 19.3 Å². The minimum absolute atomic E-state index is 0.106. The summed E-state index contributed by atoms with van der Waals surface area (Å²) in [5.41, 5.74) is 0.872. The highest BCUT2D eigenvalue weighted by Crippen LogP contribution is 2.35. The van der Waals surface area contributed by atoms with E-state index in [0.29, 0.717) is 34.5 Å². The van der Waals surface area contributed by atoms with Gasteiger partial charge < -0.3 is 25.0 Å². The molecule has 1 fully saturated rings.